The standard InChI is InChI=1S/C52H62N4O5/c1-9-38(57)23-42(29(2)3)51(59)55-27-31(6)18-47(55)45-21-36(25-53-45)33-10-12-34(13-11-33)40-17-16-39(44-20-35-14-15-41(35)50(40)44)37-22-46(54-26-37)48-19-32(7)28-56(48)52(60)43(30(4)5)24-49(58)61-8/h10-13,16-19,25-26,29-30,35,41-43,47-48H,9,14-15,20-24,27-28H2,1-8H3/t35?,41?,42-,43-,47-,48-/m0/s1. The molecule has 6 atom stereocenters. The van der Waals surface area contributed by atoms with Crippen molar-refractivity contribution < 1.29 is 23.9 Å². The molecule has 1 fully saturated rings. The average molecular weight is 823 g/mol. The van der Waals surface area contributed by atoms with Crippen LogP contribution in [0.25, 0.3) is 22.3 Å². The molecule has 2 aliphatic carbocycles. The van der Waals surface area contributed by atoms with E-state index in [1.54, 1.807) is 0 Å². The Labute approximate surface area is 361 Å². The molecule has 9 nitrogen and oxygen atoms in total. The number of carbonyl (C=O) groups is 4. The zero-order valence-corrected chi connectivity index (χ0v) is 37.3. The Kier molecular flexibility index (Phi) is 12.1. The molecule has 0 N–H and O–H groups in total. The van der Waals surface area contributed by atoms with Gasteiger partial charge in [0.1, 0.15) is 5.78 Å². The zero-order chi connectivity index (χ0) is 43.3. The quantitative estimate of drug-likeness (QED) is 0.139. The highest BCUT2D eigenvalue weighted by Crippen LogP contribution is 2.56. The summed E-state index contributed by atoms with van der Waals surface area (Å²) in [5, 5.41) is 0. The molecule has 0 radical (unpaired) electrons. The summed E-state index contributed by atoms with van der Waals surface area (Å²) >= 11 is 0. The maximum Gasteiger partial charge on any atom is 0.306 e. The van der Waals surface area contributed by atoms with Crippen LogP contribution in [0.5, 0.6) is 0 Å². The van der Waals surface area contributed by atoms with E-state index in [0.717, 1.165) is 40.1 Å². The van der Waals surface area contributed by atoms with E-state index in [2.05, 4.69) is 62.4 Å². The van der Waals surface area contributed by atoms with Gasteiger partial charge in [-0.05, 0) is 101 Å². The molecule has 8 rings (SSSR count). The molecule has 0 saturated heterocycles. The molecule has 2 aromatic rings. The maximum atomic E-state index is 14.0. The first kappa shape index (κ1) is 42.5. The van der Waals surface area contributed by atoms with Crippen LogP contribution in [0.3, 0.4) is 0 Å². The smallest absolute Gasteiger partial charge is 0.306 e. The van der Waals surface area contributed by atoms with Gasteiger partial charge in [-0.3, -0.25) is 29.2 Å². The van der Waals surface area contributed by atoms with E-state index in [1.807, 2.05) is 56.8 Å². The van der Waals surface area contributed by atoms with Crippen molar-refractivity contribution in [2.45, 2.75) is 118 Å². The van der Waals surface area contributed by atoms with E-state index in [1.165, 1.54) is 53.3 Å². The first-order valence-corrected chi connectivity index (χ1v) is 22.6. The number of rotatable bonds is 14. The van der Waals surface area contributed by atoms with Crippen LogP contribution in [0.2, 0.25) is 0 Å². The SMILES string of the molecule is CCC(=O)C[C@H](C(=O)N1CC(C)=C[C@H]1C1=NC=C(c2ccc(-c3ccc(C4=CN=C([C@@H]5C=C(C)CN5C(=O)[C@@H](CC(=O)OC)C(C)C)C4)c4c3C3CCC3C4)cc2)C1)C(C)C. The number of fused-ring (bicyclic) bond motifs is 3. The molecular formula is C52H62N4O5. The zero-order valence-electron chi connectivity index (χ0n) is 37.3. The lowest BCUT2D eigenvalue weighted by Crippen LogP contribution is -2.45. The number of amides is 2. The van der Waals surface area contributed by atoms with Crippen LogP contribution >= 0.6 is 0 Å². The first-order valence-electron chi connectivity index (χ1n) is 22.6. The summed E-state index contributed by atoms with van der Waals surface area (Å²) in [7, 11) is 1.37. The van der Waals surface area contributed by atoms with Gasteiger partial charge in [-0.1, -0.05) is 94.3 Å². The Bertz CT molecular complexity index is 2320. The van der Waals surface area contributed by atoms with Gasteiger partial charge in [0.25, 0.3) is 0 Å². The molecule has 1 saturated carbocycles. The lowest BCUT2D eigenvalue weighted by Gasteiger charge is -2.31. The highest BCUT2D eigenvalue weighted by Gasteiger charge is 2.43. The fourth-order valence-corrected chi connectivity index (χ4v) is 10.6. The Balaban J connectivity index is 0.968. The van der Waals surface area contributed by atoms with Gasteiger partial charge < -0.3 is 14.5 Å². The van der Waals surface area contributed by atoms with Crippen LogP contribution in [-0.4, -0.2) is 77.1 Å². The minimum atomic E-state index is -0.445. The highest BCUT2D eigenvalue weighted by atomic mass is 16.5. The summed E-state index contributed by atoms with van der Waals surface area (Å²) in [6, 6.07) is 13.1. The summed E-state index contributed by atoms with van der Waals surface area (Å²) < 4.78 is 4.95. The van der Waals surface area contributed by atoms with Crippen LogP contribution in [-0.2, 0) is 30.3 Å². The molecule has 2 aromatic carbocycles. The van der Waals surface area contributed by atoms with Crippen LogP contribution in [0, 0.1) is 29.6 Å². The molecule has 2 unspecified atom stereocenters. The Morgan fingerprint density at radius 1 is 0.721 bits per heavy atom. The number of ketones is 1. The fourth-order valence-electron chi connectivity index (χ4n) is 10.6. The number of Topliss-reactive ketones (excluding diaryl/α,β-unsaturated/α-hetero) is 1. The summed E-state index contributed by atoms with van der Waals surface area (Å²) in [5.74, 6) is 0.358. The van der Waals surface area contributed by atoms with Crippen molar-refractivity contribution in [2.75, 3.05) is 20.2 Å². The van der Waals surface area contributed by atoms with E-state index in [9.17, 15) is 19.2 Å². The van der Waals surface area contributed by atoms with Crippen molar-refractivity contribution >= 4 is 46.1 Å². The minimum Gasteiger partial charge on any atom is -0.469 e. The summed E-state index contributed by atoms with van der Waals surface area (Å²) in [5.41, 5.74) is 14.5. The predicted octanol–water partition coefficient (Wildman–Crippen LogP) is 9.57. The molecule has 0 bridgehead atoms. The average Bonchev–Trinajstić information content (AvgIpc) is 4.08. The van der Waals surface area contributed by atoms with Crippen molar-refractivity contribution in [3.8, 4) is 11.1 Å². The third kappa shape index (κ3) is 8.17. The predicted molar refractivity (Wildman–Crippen MR) is 243 cm³/mol. The number of ether oxygens (including phenoxy) is 1. The van der Waals surface area contributed by atoms with Gasteiger partial charge in [-0.15, -0.1) is 0 Å². The van der Waals surface area contributed by atoms with Crippen LogP contribution in [0.15, 0.2) is 82.1 Å². The monoisotopic (exact) mass is 822 g/mol. The summed E-state index contributed by atoms with van der Waals surface area (Å²) in [4.78, 5) is 66.3. The lowest BCUT2D eigenvalue weighted by molar-refractivity contribution is -0.147. The van der Waals surface area contributed by atoms with E-state index >= 15 is 0 Å². The number of hydrogen-bond acceptors (Lipinski definition) is 7. The summed E-state index contributed by atoms with van der Waals surface area (Å²) in [6.45, 7) is 15.2. The van der Waals surface area contributed by atoms with Crippen LogP contribution in [0.4, 0.5) is 0 Å². The Hall–Kier alpha value is -5.18. The molecule has 9 heteroatoms. The third-order valence-electron chi connectivity index (χ3n) is 14.4. The first-order chi connectivity index (χ1) is 29.3. The fraction of sp³-hybridized carbons (Fsp3) is 0.500. The second-order valence-corrected chi connectivity index (χ2v) is 19.1. The number of benzene rings is 2. The van der Waals surface area contributed by atoms with Gasteiger partial charge in [-0.2, -0.15) is 0 Å². The van der Waals surface area contributed by atoms with E-state index in [-0.39, 0.29) is 59.8 Å². The van der Waals surface area contributed by atoms with Gasteiger partial charge in [0.2, 0.25) is 11.8 Å². The second kappa shape index (κ2) is 17.3. The molecule has 61 heavy (non-hydrogen) atoms. The number of hydrogen-bond donors (Lipinski definition) is 0. The number of esters is 1. The van der Waals surface area contributed by atoms with E-state index in [4.69, 9.17) is 14.7 Å². The molecule has 4 aliphatic heterocycles. The second-order valence-electron chi connectivity index (χ2n) is 19.1. The highest BCUT2D eigenvalue weighted by molar-refractivity contribution is 6.06. The van der Waals surface area contributed by atoms with Crippen LogP contribution < -0.4 is 0 Å². The van der Waals surface area contributed by atoms with Gasteiger partial charge in [0, 0.05) is 68.5 Å². The van der Waals surface area contributed by atoms with Crippen LogP contribution in [0.1, 0.15) is 122 Å². The molecule has 0 aromatic heterocycles. The molecule has 4 heterocycles. The Morgan fingerprint density at radius 3 is 1.80 bits per heavy atom. The van der Waals surface area contributed by atoms with Crippen molar-refractivity contribution in [3.63, 3.8) is 0 Å². The number of carbonyl (C=O) groups excluding carboxylic acids is 4. The van der Waals surface area contributed by atoms with E-state index < -0.39 is 5.92 Å². The maximum absolute atomic E-state index is 14.0. The van der Waals surface area contributed by atoms with Crippen molar-refractivity contribution in [1.82, 2.24) is 9.80 Å². The van der Waals surface area contributed by atoms with Gasteiger partial charge >= 0.3 is 5.97 Å². The molecule has 2 amide bonds. The minimum absolute atomic E-state index is 0.00305. The third-order valence-corrected chi connectivity index (χ3v) is 14.4. The van der Waals surface area contributed by atoms with Gasteiger partial charge in [0.15, 0.2) is 0 Å². The number of methoxy groups -OCH3 is 1. The largest absolute Gasteiger partial charge is 0.469 e. The number of nitrogens with zero attached hydrogens (tertiary/aromatic N) is 4. The molecule has 6 aliphatic rings. The molecule has 0 spiro atoms. The number of allylic oxidation sites excluding steroid dienone is 2. The van der Waals surface area contributed by atoms with Crippen molar-refractivity contribution in [2.24, 2.45) is 39.6 Å². The van der Waals surface area contributed by atoms with E-state index in [0.29, 0.717) is 50.6 Å². The molecule has 320 valence electrons. The normalized spacial score (nSPS) is 23.8. The van der Waals surface area contributed by atoms with Gasteiger partial charge in [-0.25, -0.2) is 0 Å². The van der Waals surface area contributed by atoms with Gasteiger partial charge in [0.05, 0.1) is 31.5 Å². The van der Waals surface area contributed by atoms with Crippen molar-refractivity contribution in [1.29, 1.82) is 0 Å². The number of aliphatic imine (C=N–C) groups is 2. The van der Waals surface area contributed by atoms with Crippen molar-refractivity contribution in [3.05, 3.63) is 94.4 Å². The lowest BCUT2D eigenvalue weighted by atomic mass is 9.73. The topological polar surface area (TPSA) is 109 Å². The Morgan fingerprint density at radius 2 is 1.26 bits per heavy atom. The molecular weight excluding hydrogens is 761 g/mol. The summed E-state index contributed by atoms with van der Waals surface area (Å²) in [6.07, 6.45) is 14.1.